The summed E-state index contributed by atoms with van der Waals surface area (Å²) in [6, 6.07) is 7.27. The summed E-state index contributed by atoms with van der Waals surface area (Å²) < 4.78 is 5.58. The number of ether oxygens (including phenoxy) is 1. The van der Waals surface area contributed by atoms with E-state index in [4.69, 9.17) is 22.3 Å². The molecule has 8 nitrogen and oxygen atoms in total. The molecule has 0 aromatic carbocycles. The van der Waals surface area contributed by atoms with E-state index in [1.165, 1.54) is 6.08 Å². The van der Waals surface area contributed by atoms with Crippen LogP contribution in [0.1, 0.15) is 19.4 Å². The Morgan fingerprint density at radius 3 is 2.76 bits per heavy atom. The topological polar surface area (TPSA) is 122 Å². The molecule has 3 aromatic heterocycles. The predicted molar refractivity (Wildman–Crippen MR) is 108 cm³/mol. The van der Waals surface area contributed by atoms with E-state index in [-0.39, 0.29) is 12.2 Å². The van der Waals surface area contributed by atoms with Crippen LogP contribution in [-0.2, 0) is 4.79 Å². The summed E-state index contributed by atoms with van der Waals surface area (Å²) >= 11 is 0. The Morgan fingerprint density at radius 2 is 2.14 bits per heavy atom. The molecular weight excluding hydrogens is 368 g/mol. The van der Waals surface area contributed by atoms with Crippen LogP contribution in [0.15, 0.2) is 42.4 Å². The maximum absolute atomic E-state index is 11.3. The first-order valence-electron chi connectivity index (χ1n) is 8.69. The number of carbonyl (C=O) groups excluding carboxylic acids is 1. The van der Waals surface area contributed by atoms with Gasteiger partial charge in [-0.15, -0.1) is 0 Å². The molecule has 0 fully saturated rings. The molecule has 3 rings (SSSR count). The van der Waals surface area contributed by atoms with Gasteiger partial charge in [0.25, 0.3) is 11.4 Å². The van der Waals surface area contributed by atoms with E-state index < -0.39 is 11.4 Å². The summed E-state index contributed by atoms with van der Waals surface area (Å²) in [6.07, 6.45) is 6.46. The zero-order valence-electron chi connectivity index (χ0n) is 15.9. The molecule has 0 saturated carbocycles. The molecule has 0 atom stereocenters. The van der Waals surface area contributed by atoms with Gasteiger partial charge in [0.1, 0.15) is 17.3 Å². The number of primary amides is 1. The SMILES string of the molecule is [C-]#[N+]C(C)(C)COc1ccc(-c2cnc3[nH]cc(/C=C(\C#N)C(N)=O)c3c2)cn1. The molecule has 0 bridgehead atoms. The van der Waals surface area contributed by atoms with Crippen molar-refractivity contribution in [1.29, 1.82) is 5.26 Å². The highest BCUT2D eigenvalue weighted by Gasteiger charge is 2.24. The van der Waals surface area contributed by atoms with E-state index in [0.29, 0.717) is 17.1 Å². The van der Waals surface area contributed by atoms with Gasteiger partial charge in [0, 0.05) is 60.6 Å². The summed E-state index contributed by atoms with van der Waals surface area (Å²) in [5.41, 5.74) is 7.36. The number of rotatable bonds is 6. The minimum absolute atomic E-state index is 0.137. The number of nitrogens with one attached hydrogen (secondary N) is 1. The van der Waals surface area contributed by atoms with Crippen molar-refractivity contribution in [2.45, 2.75) is 19.4 Å². The molecule has 0 radical (unpaired) electrons. The van der Waals surface area contributed by atoms with Crippen LogP contribution in [0, 0.1) is 17.9 Å². The predicted octanol–water partition coefficient (Wildman–Crippen LogP) is 3.09. The van der Waals surface area contributed by atoms with Crippen LogP contribution in [0.5, 0.6) is 5.88 Å². The second-order valence-corrected chi connectivity index (χ2v) is 7.00. The minimum atomic E-state index is -0.785. The van der Waals surface area contributed by atoms with Crippen molar-refractivity contribution < 1.29 is 9.53 Å². The lowest BCUT2D eigenvalue weighted by Gasteiger charge is -2.12. The molecule has 0 aliphatic carbocycles. The van der Waals surface area contributed by atoms with Gasteiger partial charge in [-0.05, 0) is 18.2 Å². The standard InChI is InChI=1S/C21H18N6O2/c1-21(2,24-3)12-29-18-5-4-13(9-25-18)15-7-17-16(6-14(8-22)19(23)28)11-27-20(17)26-10-15/h4-7,9-11H,12H2,1-2H3,(H2,23,28)(H,26,27)/b14-6+. The third-order valence-electron chi connectivity index (χ3n) is 4.19. The van der Waals surface area contributed by atoms with Crippen LogP contribution in [-0.4, -0.2) is 33.0 Å². The maximum Gasteiger partial charge on any atom is 0.260 e. The number of nitrogens with two attached hydrogens (primary N) is 1. The van der Waals surface area contributed by atoms with Crippen molar-refractivity contribution in [1.82, 2.24) is 15.0 Å². The first-order valence-corrected chi connectivity index (χ1v) is 8.69. The van der Waals surface area contributed by atoms with E-state index in [1.54, 1.807) is 44.6 Å². The average molecular weight is 386 g/mol. The minimum Gasteiger partial charge on any atom is -0.469 e. The lowest BCUT2D eigenvalue weighted by atomic mass is 10.1. The van der Waals surface area contributed by atoms with Crippen molar-refractivity contribution in [2.75, 3.05) is 6.61 Å². The smallest absolute Gasteiger partial charge is 0.260 e. The molecule has 3 N–H and O–H groups in total. The number of amides is 1. The van der Waals surface area contributed by atoms with Gasteiger partial charge in [0.2, 0.25) is 5.88 Å². The van der Waals surface area contributed by atoms with E-state index in [2.05, 4.69) is 19.8 Å². The first-order chi connectivity index (χ1) is 13.8. The average Bonchev–Trinajstić information content (AvgIpc) is 3.12. The Kier molecular flexibility index (Phi) is 5.29. The number of nitrogens with zero attached hydrogens (tertiary/aromatic N) is 4. The van der Waals surface area contributed by atoms with Crippen molar-refractivity contribution >= 4 is 23.0 Å². The van der Waals surface area contributed by atoms with E-state index >= 15 is 0 Å². The number of pyridine rings is 2. The summed E-state index contributed by atoms with van der Waals surface area (Å²) in [6.45, 7) is 11.0. The van der Waals surface area contributed by atoms with Crippen LogP contribution < -0.4 is 10.5 Å². The molecule has 0 aliphatic rings. The third-order valence-corrected chi connectivity index (χ3v) is 4.19. The van der Waals surface area contributed by atoms with Crippen molar-refractivity contribution in [2.24, 2.45) is 5.73 Å². The highest BCUT2D eigenvalue weighted by Crippen LogP contribution is 2.26. The van der Waals surface area contributed by atoms with Crippen molar-refractivity contribution in [3.63, 3.8) is 0 Å². The Bertz CT molecular complexity index is 1180. The Labute approximate surface area is 167 Å². The van der Waals surface area contributed by atoms with Crippen molar-refractivity contribution in [3.05, 3.63) is 59.3 Å². The third kappa shape index (κ3) is 4.40. The molecule has 29 heavy (non-hydrogen) atoms. The number of H-pyrrole nitrogens is 1. The number of hydrogen-bond acceptors (Lipinski definition) is 5. The molecule has 0 spiro atoms. The number of hydrogen-bond donors (Lipinski definition) is 2. The van der Waals surface area contributed by atoms with Gasteiger partial charge < -0.3 is 20.3 Å². The monoisotopic (exact) mass is 386 g/mol. The Hall–Kier alpha value is -4.17. The first kappa shape index (κ1) is 19.6. The normalized spacial score (nSPS) is 11.7. The fourth-order valence-electron chi connectivity index (χ4n) is 2.53. The molecule has 1 amide bonds. The molecular formula is C21H18N6O2. The fourth-order valence-corrected chi connectivity index (χ4v) is 2.53. The van der Waals surface area contributed by atoms with E-state index in [0.717, 1.165) is 16.5 Å². The van der Waals surface area contributed by atoms with Gasteiger partial charge in [-0.3, -0.25) is 4.79 Å². The van der Waals surface area contributed by atoms with Crippen LogP contribution in [0.4, 0.5) is 0 Å². The largest absolute Gasteiger partial charge is 0.469 e. The Balaban J connectivity index is 1.89. The number of fused-ring (bicyclic) bond motifs is 1. The van der Waals surface area contributed by atoms with Gasteiger partial charge in [0.05, 0.1) is 0 Å². The van der Waals surface area contributed by atoms with Crippen LogP contribution in [0.3, 0.4) is 0 Å². The quantitative estimate of drug-likeness (QED) is 0.383. The van der Waals surface area contributed by atoms with Crippen LogP contribution in [0.2, 0.25) is 0 Å². The second-order valence-electron chi connectivity index (χ2n) is 7.00. The summed E-state index contributed by atoms with van der Waals surface area (Å²) in [5, 5.41) is 9.80. The fraction of sp³-hybridized carbons (Fsp3) is 0.190. The van der Waals surface area contributed by atoms with Gasteiger partial charge in [-0.1, -0.05) is 0 Å². The molecule has 0 saturated heterocycles. The van der Waals surface area contributed by atoms with Crippen LogP contribution in [0.25, 0.3) is 33.1 Å². The van der Waals surface area contributed by atoms with Gasteiger partial charge in [-0.25, -0.2) is 16.5 Å². The molecule has 0 unspecified atom stereocenters. The number of aromatic nitrogens is 3. The lowest BCUT2D eigenvalue weighted by Crippen LogP contribution is -2.24. The number of carbonyl (C=O) groups is 1. The second kappa shape index (κ2) is 7.83. The summed E-state index contributed by atoms with van der Waals surface area (Å²) in [4.78, 5) is 26.5. The van der Waals surface area contributed by atoms with Gasteiger partial charge in [-0.2, -0.15) is 5.26 Å². The van der Waals surface area contributed by atoms with Crippen molar-refractivity contribution in [3.8, 4) is 23.1 Å². The Morgan fingerprint density at radius 1 is 1.38 bits per heavy atom. The molecule has 0 aliphatic heterocycles. The maximum atomic E-state index is 11.3. The number of nitriles is 1. The highest BCUT2D eigenvalue weighted by atomic mass is 16.5. The molecule has 144 valence electrons. The van der Waals surface area contributed by atoms with E-state index in [1.807, 2.05) is 12.1 Å². The highest BCUT2D eigenvalue weighted by molar-refractivity contribution is 6.03. The zero-order valence-corrected chi connectivity index (χ0v) is 15.9. The van der Waals surface area contributed by atoms with Gasteiger partial charge in [0.15, 0.2) is 6.61 Å². The number of aromatic amines is 1. The zero-order chi connectivity index (χ0) is 21.0. The summed E-state index contributed by atoms with van der Waals surface area (Å²) in [5.74, 6) is -0.350. The lowest BCUT2D eigenvalue weighted by molar-refractivity contribution is -0.114. The molecule has 3 aromatic rings. The van der Waals surface area contributed by atoms with E-state index in [9.17, 15) is 4.79 Å². The van der Waals surface area contributed by atoms with Gasteiger partial charge >= 0.3 is 0 Å². The molecule has 3 heterocycles. The molecule has 8 heteroatoms. The summed E-state index contributed by atoms with van der Waals surface area (Å²) in [7, 11) is 0. The van der Waals surface area contributed by atoms with Crippen LogP contribution >= 0.6 is 0 Å².